The molecule has 0 amide bonds. The molecule has 1 aromatic heterocycles. The molecule has 0 bridgehead atoms. The predicted octanol–water partition coefficient (Wildman–Crippen LogP) is 4.32. The monoisotopic (exact) mass is 345 g/mol. The predicted molar refractivity (Wildman–Crippen MR) is 89.4 cm³/mol. The minimum atomic E-state index is 0.237. The second kappa shape index (κ2) is 6.20. The van der Waals surface area contributed by atoms with Crippen LogP contribution in [-0.2, 0) is 6.54 Å². The van der Waals surface area contributed by atoms with Gasteiger partial charge in [-0.15, -0.1) is 6.58 Å². The van der Waals surface area contributed by atoms with Gasteiger partial charge in [-0.2, -0.15) is 0 Å². The van der Waals surface area contributed by atoms with E-state index in [1.165, 1.54) is 11.3 Å². The summed E-state index contributed by atoms with van der Waals surface area (Å²) in [5.41, 5.74) is 2.64. The maximum absolute atomic E-state index is 9.84. The van der Waals surface area contributed by atoms with Crippen molar-refractivity contribution in [2.75, 3.05) is 6.61 Å². The standard InChI is InChI=1S/C18H20BrNO/c1-2-8-20-9-4-7-18(20)16-11-15(17(16)12-21)13-5-3-6-14(19)10-13/h2-7,9-10,15-17,21H,1,8,11-12H2. The molecule has 0 aliphatic heterocycles. The summed E-state index contributed by atoms with van der Waals surface area (Å²) in [5.74, 6) is 1.19. The van der Waals surface area contributed by atoms with Crippen molar-refractivity contribution in [3.05, 3.63) is 71.0 Å². The van der Waals surface area contributed by atoms with Gasteiger partial charge in [0.05, 0.1) is 0 Å². The Morgan fingerprint density at radius 3 is 2.86 bits per heavy atom. The molecule has 0 saturated heterocycles. The number of halogens is 1. The van der Waals surface area contributed by atoms with Gasteiger partial charge in [0.2, 0.25) is 0 Å². The summed E-state index contributed by atoms with van der Waals surface area (Å²) in [6.07, 6.45) is 5.11. The van der Waals surface area contributed by atoms with Crippen LogP contribution in [0.4, 0.5) is 0 Å². The van der Waals surface area contributed by atoms with Gasteiger partial charge in [0, 0.05) is 35.4 Å². The number of hydrogen-bond donors (Lipinski definition) is 1. The minimum Gasteiger partial charge on any atom is -0.396 e. The van der Waals surface area contributed by atoms with E-state index in [0.29, 0.717) is 17.8 Å². The molecule has 0 radical (unpaired) electrons. The number of aliphatic hydroxyl groups excluding tert-OH is 1. The molecular formula is C18H20BrNO. The van der Waals surface area contributed by atoms with Crippen molar-refractivity contribution >= 4 is 15.9 Å². The van der Waals surface area contributed by atoms with Gasteiger partial charge in [-0.25, -0.2) is 0 Å². The van der Waals surface area contributed by atoms with Gasteiger partial charge in [0.1, 0.15) is 0 Å². The van der Waals surface area contributed by atoms with Crippen LogP contribution in [0.3, 0.4) is 0 Å². The fourth-order valence-electron chi connectivity index (χ4n) is 3.49. The first kappa shape index (κ1) is 14.6. The topological polar surface area (TPSA) is 25.2 Å². The third-order valence-electron chi connectivity index (χ3n) is 4.60. The third-order valence-corrected chi connectivity index (χ3v) is 5.09. The van der Waals surface area contributed by atoms with Crippen LogP contribution in [0.5, 0.6) is 0 Å². The van der Waals surface area contributed by atoms with E-state index in [4.69, 9.17) is 0 Å². The Hall–Kier alpha value is -1.32. The highest BCUT2D eigenvalue weighted by Gasteiger charge is 2.43. The molecule has 1 aromatic carbocycles. The molecule has 1 aliphatic carbocycles. The van der Waals surface area contributed by atoms with Crippen molar-refractivity contribution in [1.29, 1.82) is 0 Å². The number of nitrogens with zero attached hydrogens (tertiary/aromatic N) is 1. The smallest absolute Gasteiger partial charge is 0.0471 e. The van der Waals surface area contributed by atoms with E-state index in [1.54, 1.807) is 0 Å². The zero-order valence-corrected chi connectivity index (χ0v) is 13.5. The van der Waals surface area contributed by atoms with E-state index in [9.17, 15) is 5.11 Å². The number of allylic oxidation sites excluding steroid dienone is 1. The SMILES string of the molecule is C=CCn1cccc1C1CC(c2cccc(Br)c2)C1CO. The highest BCUT2D eigenvalue weighted by atomic mass is 79.9. The summed E-state index contributed by atoms with van der Waals surface area (Å²) < 4.78 is 3.34. The molecule has 2 nitrogen and oxygen atoms in total. The Bertz CT molecular complexity index is 634. The molecule has 3 rings (SSSR count). The number of benzene rings is 1. The number of rotatable bonds is 5. The van der Waals surface area contributed by atoms with Gasteiger partial charge in [-0.3, -0.25) is 0 Å². The number of aliphatic hydroxyl groups is 1. The molecule has 3 heteroatoms. The summed E-state index contributed by atoms with van der Waals surface area (Å²) in [4.78, 5) is 0. The van der Waals surface area contributed by atoms with Crippen molar-refractivity contribution in [1.82, 2.24) is 4.57 Å². The highest BCUT2D eigenvalue weighted by Crippen LogP contribution is 2.52. The van der Waals surface area contributed by atoms with E-state index in [-0.39, 0.29) is 6.61 Å². The summed E-state index contributed by atoms with van der Waals surface area (Å²) in [5, 5.41) is 9.84. The molecule has 3 atom stereocenters. The largest absolute Gasteiger partial charge is 0.396 e. The van der Waals surface area contributed by atoms with Crippen LogP contribution >= 0.6 is 15.9 Å². The molecule has 1 fully saturated rings. The van der Waals surface area contributed by atoms with Crippen molar-refractivity contribution < 1.29 is 5.11 Å². The summed E-state index contributed by atoms with van der Waals surface area (Å²) >= 11 is 3.53. The Balaban J connectivity index is 1.82. The molecule has 0 spiro atoms. The molecule has 110 valence electrons. The maximum atomic E-state index is 9.84. The Kier molecular flexibility index (Phi) is 4.32. The normalized spacial score (nSPS) is 24.6. The zero-order valence-electron chi connectivity index (χ0n) is 12.0. The van der Waals surface area contributed by atoms with Crippen molar-refractivity contribution in [2.45, 2.75) is 24.8 Å². The Morgan fingerprint density at radius 1 is 1.29 bits per heavy atom. The van der Waals surface area contributed by atoms with E-state index in [0.717, 1.165) is 17.4 Å². The first-order valence-electron chi connectivity index (χ1n) is 7.37. The van der Waals surface area contributed by atoms with Crippen LogP contribution in [0, 0.1) is 5.92 Å². The maximum Gasteiger partial charge on any atom is 0.0471 e. The molecule has 1 heterocycles. The van der Waals surface area contributed by atoms with Crippen molar-refractivity contribution in [3.63, 3.8) is 0 Å². The summed E-state index contributed by atoms with van der Waals surface area (Å²) in [6.45, 7) is 4.88. The van der Waals surface area contributed by atoms with Crippen LogP contribution in [0.2, 0.25) is 0 Å². The Labute approximate surface area is 134 Å². The van der Waals surface area contributed by atoms with Gasteiger partial charge in [-0.05, 0) is 48.1 Å². The van der Waals surface area contributed by atoms with Gasteiger partial charge in [0.25, 0.3) is 0 Å². The van der Waals surface area contributed by atoms with E-state index in [1.807, 2.05) is 12.1 Å². The quantitative estimate of drug-likeness (QED) is 0.802. The van der Waals surface area contributed by atoms with Crippen molar-refractivity contribution in [2.24, 2.45) is 5.92 Å². The van der Waals surface area contributed by atoms with Gasteiger partial charge in [0.15, 0.2) is 0 Å². The second-order valence-electron chi connectivity index (χ2n) is 5.72. The average Bonchev–Trinajstić information content (AvgIpc) is 2.87. The number of aromatic nitrogens is 1. The minimum absolute atomic E-state index is 0.237. The van der Waals surface area contributed by atoms with Gasteiger partial charge < -0.3 is 9.67 Å². The lowest BCUT2D eigenvalue weighted by atomic mass is 9.61. The van der Waals surface area contributed by atoms with E-state index >= 15 is 0 Å². The van der Waals surface area contributed by atoms with Crippen LogP contribution in [0.25, 0.3) is 0 Å². The zero-order chi connectivity index (χ0) is 14.8. The van der Waals surface area contributed by atoms with Crippen LogP contribution in [-0.4, -0.2) is 16.3 Å². The highest BCUT2D eigenvalue weighted by molar-refractivity contribution is 9.10. The molecule has 21 heavy (non-hydrogen) atoms. The molecule has 1 aliphatic rings. The van der Waals surface area contributed by atoms with Crippen LogP contribution in [0.15, 0.2) is 59.7 Å². The first-order chi connectivity index (χ1) is 10.2. The molecule has 1 N–H and O–H groups in total. The second-order valence-corrected chi connectivity index (χ2v) is 6.64. The molecule has 2 aromatic rings. The first-order valence-corrected chi connectivity index (χ1v) is 8.16. The van der Waals surface area contributed by atoms with Crippen LogP contribution in [0.1, 0.15) is 29.5 Å². The molecular weight excluding hydrogens is 326 g/mol. The van der Waals surface area contributed by atoms with E-state index in [2.05, 4.69) is 63.6 Å². The van der Waals surface area contributed by atoms with Gasteiger partial charge >= 0.3 is 0 Å². The average molecular weight is 346 g/mol. The summed E-state index contributed by atoms with van der Waals surface area (Å²) in [6, 6.07) is 12.7. The summed E-state index contributed by atoms with van der Waals surface area (Å²) in [7, 11) is 0. The van der Waals surface area contributed by atoms with Crippen LogP contribution < -0.4 is 0 Å². The number of hydrogen-bond acceptors (Lipinski definition) is 1. The lowest BCUT2D eigenvalue weighted by Gasteiger charge is -2.44. The third kappa shape index (κ3) is 2.72. The fourth-order valence-corrected chi connectivity index (χ4v) is 3.91. The van der Waals surface area contributed by atoms with E-state index < -0.39 is 0 Å². The Morgan fingerprint density at radius 2 is 2.14 bits per heavy atom. The fraction of sp³-hybridized carbons (Fsp3) is 0.333. The molecule has 3 unspecified atom stereocenters. The van der Waals surface area contributed by atoms with Crippen molar-refractivity contribution in [3.8, 4) is 0 Å². The van der Waals surface area contributed by atoms with Gasteiger partial charge in [-0.1, -0.05) is 34.1 Å². The lowest BCUT2D eigenvalue weighted by Crippen LogP contribution is -2.36. The molecule has 1 saturated carbocycles. The lowest BCUT2D eigenvalue weighted by molar-refractivity contribution is 0.102.